The number of sulfonamides is 1. The molecule has 0 aliphatic carbocycles. The van der Waals surface area contributed by atoms with E-state index in [1.165, 1.54) is 28.6 Å². The number of aromatic nitrogens is 1. The first-order valence-electron chi connectivity index (χ1n) is 12.0. The van der Waals surface area contributed by atoms with Crippen molar-refractivity contribution in [2.24, 2.45) is 0 Å². The summed E-state index contributed by atoms with van der Waals surface area (Å²) in [5.41, 5.74) is 2.96. The van der Waals surface area contributed by atoms with Gasteiger partial charge in [0.25, 0.3) is 5.91 Å². The van der Waals surface area contributed by atoms with Crippen LogP contribution in [0.2, 0.25) is 0 Å². The summed E-state index contributed by atoms with van der Waals surface area (Å²) >= 11 is 0. The van der Waals surface area contributed by atoms with E-state index in [4.69, 9.17) is 9.47 Å². The van der Waals surface area contributed by atoms with E-state index in [9.17, 15) is 18.0 Å². The van der Waals surface area contributed by atoms with Gasteiger partial charge in [0, 0.05) is 47.1 Å². The summed E-state index contributed by atoms with van der Waals surface area (Å²) in [5, 5.41) is 4.90. The van der Waals surface area contributed by atoms with Gasteiger partial charge in [-0.1, -0.05) is 18.2 Å². The molecule has 3 aromatic carbocycles. The molecule has 4 aromatic rings. The van der Waals surface area contributed by atoms with E-state index in [-0.39, 0.29) is 23.5 Å². The van der Waals surface area contributed by atoms with E-state index in [2.05, 4.69) is 28.9 Å². The SMILES string of the molecule is CCn1c2ccccc2c2cc(NC(=O)COC(=O)c3ccc(S(=O)(=O)N4CCOCC4)cc3)ccc21. The topological polar surface area (TPSA) is 107 Å². The molecule has 192 valence electrons. The Balaban J connectivity index is 1.22. The van der Waals surface area contributed by atoms with Crippen LogP contribution in [0.3, 0.4) is 0 Å². The van der Waals surface area contributed by atoms with Crippen LogP contribution in [0.4, 0.5) is 5.69 Å². The van der Waals surface area contributed by atoms with Crippen molar-refractivity contribution < 1.29 is 27.5 Å². The first-order valence-corrected chi connectivity index (χ1v) is 13.5. The van der Waals surface area contributed by atoms with E-state index in [1.54, 1.807) is 0 Å². The van der Waals surface area contributed by atoms with E-state index < -0.39 is 28.5 Å². The van der Waals surface area contributed by atoms with Crippen molar-refractivity contribution >= 4 is 49.4 Å². The first-order chi connectivity index (χ1) is 17.9. The van der Waals surface area contributed by atoms with Gasteiger partial charge < -0.3 is 19.4 Å². The molecule has 0 spiro atoms. The number of carbonyl (C=O) groups is 2. The van der Waals surface area contributed by atoms with Crippen molar-refractivity contribution in [3.05, 3.63) is 72.3 Å². The predicted molar refractivity (Wildman–Crippen MR) is 140 cm³/mol. The molecular weight excluding hydrogens is 494 g/mol. The number of ether oxygens (including phenoxy) is 2. The van der Waals surface area contributed by atoms with E-state index in [1.807, 2.05) is 30.3 Å². The average Bonchev–Trinajstić information content (AvgIpc) is 3.25. The summed E-state index contributed by atoms with van der Waals surface area (Å²) in [7, 11) is -3.66. The van der Waals surface area contributed by atoms with Crippen LogP contribution in [-0.2, 0) is 30.8 Å². The van der Waals surface area contributed by atoms with Crippen molar-refractivity contribution in [3.8, 4) is 0 Å². The maximum Gasteiger partial charge on any atom is 0.338 e. The lowest BCUT2D eigenvalue weighted by atomic mass is 10.1. The number of para-hydroxylation sites is 1. The van der Waals surface area contributed by atoms with Gasteiger partial charge in [0.1, 0.15) is 0 Å². The summed E-state index contributed by atoms with van der Waals surface area (Å²) in [6.45, 7) is 3.71. The summed E-state index contributed by atoms with van der Waals surface area (Å²) in [6, 6.07) is 19.3. The van der Waals surface area contributed by atoms with Gasteiger partial charge in [0.05, 0.1) is 23.7 Å². The Bertz CT molecular complexity index is 1570. The van der Waals surface area contributed by atoms with Crippen molar-refractivity contribution in [2.45, 2.75) is 18.4 Å². The van der Waals surface area contributed by atoms with Gasteiger partial charge in [0.2, 0.25) is 10.0 Å². The number of amides is 1. The van der Waals surface area contributed by atoms with Crippen molar-refractivity contribution in [1.82, 2.24) is 8.87 Å². The lowest BCUT2D eigenvalue weighted by molar-refractivity contribution is -0.119. The molecule has 2 heterocycles. The van der Waals surface area contributed by atoms with E-state index in [0.29, 0.717) is 18.9 Å². The van der Waals surface area contributed by atoms with E-state index in [0.717, 1.165) is 28.4 Å². The molecule has 1 aromatic heterocycles. The summed E-state index contributed by atoms with van der Waals surface area (Å²) in [6.07, 6.45) is 0. The molecule has 0 radical (unpaired) electrons. The number of rotatable bonds is 7. The quantitative estimate of drug-likeness (QED) is 0.372. The van der Waals surface area contributed by atoms with Crippen LogP contribution in [0.1, 0.15) is 17.3 Å². The maximum absolute atomic E-state index is 12.7. The zero-order valence-corrected chi connectivity index (χ0v) is 21.2. The third kappa shape index (κ3) is 4.95. The molecule has 1 aliphatic heterocycles. The summed E-state index contributed by atoms with van der Waals surface area (Å²) < 4.78 is 39.4. The normalized spacial score (nSPS) is 14.6. The minimum Gasteiger partial charge on any atom is -0.452 e. The zero-order valence-electron chi connectivity index (χ0n) is 20.3. The number of carbonyl (C=O) groups excluding carboxylic acids is 2. The van der Waals surface area contributed by atoms with Gasteiger partial charge in [-0.3, -0.25) is 4.79 Å². The Kier molecular flexibility index (Phi) is 6.96. The Labute approximate surface area is 214 Å². The van der Waals surface area contributed by atoms with Crippen LogP contribution in [0.25, 0.3) is 21.8 Å². The number of nitrogens with zero attached hydrogens (tertiary/aromatic N) is 2. The van der Waals surface area contributed by atoms with Crippen LogP contribution in [0, 0.1) is 0 Å². The molecule has 1 saturated heterocycles. The van der Waals surface area contributed by atoms with Crippen molar-refractivity contribution in [3.63, 3.8) is 0 Å². The van der Waals surface area contributed by atoms with E-state index >= 15 is 0 Å². The molecule has 1 aliphatic rings. The number of benzene rings is 3. The lowest BCUT2D eigenvalue weighted by Gasteiger charge is -2.26. The number of morpholine rings is 1. The van der Waals surface area contributed by atoms with Gasteiger partial charge in [-0.25, -0.2) is 13.2 Å². The third-order valence-electron chi connectivity index (χ3n) is 6.40. The number of hydrogen-bond acceptors (Lipinski definition) is 6. The van der Waals surface area contributed by atoms with Crippen LogP contribution >= 0.6 is 0 Å². The van der Waals surface area contributed by atoms with Crippen LogP contribution < -0.4 is 5.32 Å². The highest BCUT2D eigenvalue weighted by Crippen LogP contribution is 2.31. The highest BCUT2D eigenvalue weighted by Gasteiger charge is 2.26. The Hall–Kier alpha value is -3.73. The molecule has 0 unspecified atom stereocenters. The molecular formula is C27H27N3O6S. The molecule has 9 nitrogen and oxygen atoms in total. The fourth-order valence-corrected chi connectivity index (χ4v) is 5.99. The second-order valence-electron chi connectivity index (χ2n) is 8.66. The van der Waals surface area contributed by atoms with Gasteiger partial charge in [-0.15, -0.1) is 0 Å². The van der Waals surface area contributed by atoms with Crippen LogP contribution in [0.5, 0.6) is 0 Å². The molecule has 1 N–H and O–H groups in total. The van der Waals surface area contributed by atoms with Gasteiger partial charge >= 0.3 is 5.97 Å². The van der Waals surface area contributed by atoms with Crippen LogP contribution in [0.15, 0.2) is 71.6 Å². The second kappa shape index (κ2) is 10.3. The number of fused-ring (bicyclic) bond motifs is 3. The largest absolute Gasteiger partial charge is 0.452 e. The Morgan fingerprint density at radius 3 is 2.38 bits per heavy atom. The highest BCUT2D eigenvalue weighted by atomic mass is 32.2. The smallest absolute Gasteiger partial charge is 0.338 e. The summed E-state index contributed by atoms with van der Waals surface area (Å²) in [4.78, 5) is 25.0. The second-order valence-corrected chi connectivity index (χ2v) is 10.6. The van der Waals surface area contributed by atoms with Gasteiger partial charge in [0.15, 0.2) is 6.61 Å². The first kappa shape index (κ1) is 24.9. The fraction of sp³-hybridized carbons (Fsp3) is 0.259. The highest BCUT2D eigenvalue weighted by molar-refractivity contribution is 7.89. The fourth-order valence-electron chi connectivity index (χ4n) is 4.58. The van der Waals surface area contributed by atoms with Crippen molar-refractivity contribution in [1.29, 1.82) is 0 Å². The average molecular weight is 522 g/mol. The predicted octanol–water partition coefficient (Wildman–Crippen LogP) is 3.63. The number of nitrogens with one attached hydrogen (secondary N) is 1. The molecule has 37 heavy (non-hydrogen) atoms. The number of anilines is 1. The number of aryl methyl sites for hydroxylation is 1. The Morgan fingerprint density at radius 1 is 0.946 bits per heavy atom. The maximum atomic E-state index is 12.7. The molecule has 1 fully saturated rings. The zero-order chi connectivity index (χ0) is 26.0. The third-order valence-corrected chi connectivity index (χ3v) is 8.32. The number of hydrogen-bond donors (Lipinski definition) is 1. The minimum atomic E-state index is -3.66. The van der Waals surface area contributed by atoms with Gasteiger partial charge in [-0.05, 0) is 55.5 Å². The Morgan fingerprint density at radius 2 is 1.65 bits per heavy atom. The monoisotopic (exact) mass is 521 g/mol. The molecule has 0 saturated carbocycles. The minimum absolute atomic E-state index is 0.0866. The van der Waals surface area contributed by atoms with Crippen molar-refractivity contribution in [2.75, 3.05) is 38.2 Å². The van der Waals surface area contributed by atoms with Crippen LogP contribution in [-0.4, -0.2) is 62.1 Å². The molecule has 5 rings (SSSR count). The molecule has 1 amide bonds. The molecule has 0 atom stereocenters. The molecule has 0 bridgehead atoms. The molecule has 10 heteroatoms. The lowest BCUT2D eigenvalue weighted by Crippen LogP contribution is -2.40. The number of esters is 1. The standard InChI is InChI=1S/C27H27N3O6S/c1-2-30-24-6-4-3-5-22(24)23-17-20(9-12-25(23)30)28-26(31)18-36-27(32)19-7-10-21(11-8-19)37(33,34)29-13-15-35-16-14-29/h3-12,17H,2,13-16,18H2,1H3,(H,28,31). The van der Waals surface area contributed by atoms with Gasteiger partial charge in [-0.2, -0.15) is 4.31 Å². The summed E-state index contributed by atoms with van der Waals surface area (Å²) in [5.74, 6) is -1.19.